The van der Waals surface area contributed by atoms with Crippen LogP contribution in [0.3, 0.4) is 0 Å². The second-order valence-electron chi connectivity index (χ2n) is 5.35. The number of aromatic amines is 2. The minimum Gasteiger partial charge on any atom is -0.357 e. The predicted molar refractivity (Wildman–Crippen MR) is 83.2 cm³/mol. The van der Waals surface area contributed by atoms with Crippen molar-refractivity contribution in [3.8, 4) is 0 Å². The van der Waals surface area contributed by atoms with Gasteiger partial charge in [-0.15, -0.1) is 0 Å². The third-order valence-electron chi connectivity index (χ3n) is 3.42. The molecule has 0 radical (unpaired) electrons. The van der Waals surface area contributed by atoms with E-state index in [1.54, 1.807) is 6.07 Å². The molecule has 0 amide bonds. The smallest absolute Gasteiger partial charge is 0.189 e. The van der Waals surface area contributed by atoms with Gasteiger partial charge >= 0.3 is 0 Å². The molecular formula is C16H18N4O. The van der Waals surface area contributed by atoms with Crippen LogP contribution in [0.15, 0.2) is 35.1 Å². The summed E-state index contributed by atoms with van der Waals surface area (Å²) in [6.45, 7) is 5.22. The zero-order chi connectivity index (χ0) is 14.8. The van der Waals surface area contributed by atoms with Gasteiger partial charge in [0.05, 0.1) is 5.69 Å². The number of hydrogen-bond donors (Lipinski definition) is 3. The van der Waals surface area contributed by atoms with Gasteiger partial charge in [-0.3, -0.25) is 9.89 Å². The number of aryl methyl sites for hydroxylation is 2. The van der Waals surface area contributed by atoms with Crippen LogP contribution in [-0.4, -0.2) is 15.2 Å². The van der Waals surface area contributed by atoms with E-state index in [0.29, 0.717) is 13.1 Å². The quantitative estimate of drug-likeness (QED) is 0.686. The van der Waals surface area contributed by atoms with Crippen LogP contribution < -0.4 is 10.7 Å². The van der Waals surface area contributed by atoms with Crippen LogP contribution in [-0.2, 0) is 13.1 Å². The summed E-state index contributed by atoms with van der Waals surface area (Å²) < 4.78 is 0. The van der Waals surface area contributed by atoms with Crippen LogP contribution in [0.5, 0.6) is 0 Å². The highest BCUT2D eigenvalue weighted by Crippen LogP contribution is 2.10. The van der Waals surface area contributed by atoms with Crippen molar-refractivity contribution in [1.29, 1.82) is 0 Å². The summed E-state index contributed by atoms with van der Waals surface area (Å²) in [6.07, 6.45) is 0. The number of H-pyrrole nitrogens is 2. The van der Waals surface area contributed by atoms with Crippen LogP contribution in [0.1, 0.15) is 22.6 Å². The second-order valence-corrected chi connectivity index (χ2v) is 5.35. The number of rotatable bonds is 4. The third kappa shape index (κ3) is 3.03. The van der Waals surface area contributed by atoms with Crippen molar-refractivity contribution in [2.45, 2.75) is 26.9 Å². The molecule has 0 unspecified atom stereocenters. The lowest BCUT2D eigenvalue weighted by Gasteiger charge is -2.06. The fraction of sp³-hybridized carbons (Fsp3) is 0.250. The van der Waals surface area contributed by atoms with Crippen molar-refractivity contribution >= 4 is 10.9 Å². The molecular weight excluding hydrogens is 264 g/mol. The van der Waals surface area contributed by atoms with Crippen LogP contribution in [0, 0.1) is 13.8 Å². The van der Waals surface area contributed by atoms with Gasteiger partial charge in [0, 0.05) is 41.4 Å². The second kappa shape index (κ2) is 5.54. The lowest BCUT2D eigenvalue weighted by molar-refractivity contribution is 0.666. The molecule has 108 valence electrons. The summed E-state index contributed by atoms with van der Waals surface area (Å²) in [7, 11) is 0. The lowest BCUT2D eigenvalue weighted by atomic mass is 10.1. The normalized spacial score (nSPS) is 11.1. The van der Waals surface area contributed by atoms with Crippen LogP contribution in [0.2, 0.25) is 0 Å². The number of nitrogens with one attached hydrogen (secondary N) is 3. The maximum Gasteiger partial charge on any atom is 0.189 e. The highest BCUT2D eigenvalue weighted by atomic mass is 16.1. The Balaban J connectivity index is 1.75. The molecule has 2 aromatic heterocycles. The molecule has 3 aromatic rings. The molecule has 0 aliphatic carbocycles. The first kappa shape index (κ1) is 13.6. The average molecular weight is 282 g/mol. The molecule has 0 saturated heterocycles. The predicted octanol–water partition coefficient (Wildman–Crippen LogP) is 2.16. The Morgan fingerprint density at radius 2 is 2.00 bits per heavy atom. The third-order valence-corrected chi connectivity index (χ3v) is 3.42. The molecule has 1 aromatic carbocycles. The Labute approximate surface area is 122 Å². The Hall–Kier alpha value is -2.40. The molecule has 0 saturated carbocycles. The summed E-state index contributed by atoms with van der Waals surface area (Å²) in [6, 6.07) is 9.52. The molecule has 5 heteroatoms. The van der Waals surface area contributed by atoms with E-state index in [4.69, 9.17) is 0 Å². The van der Waals surface area contributed by atoms with E-state index in [0.717, 1.165) is 33.5 Å². The number of fused-ring (bicyclic) bond motifs is 1. The molecule has 0 aliphatic heterocycles. The first-order chi connectivity index (χ1) is 10.1. The van der Waals surface area contributed by atoms with Crippen LogP contribution >= 0.6 is 0 Å². The van der Waals surface area contributed by atoms with Crippen molar-refractivity contribution in [2.24, 2.45) is 0 Å². The van der Waals surface area contributed by atoms with E-state index in [2.05, 4.69) is 20.5 Å². The molecule has 3 rings (SSSR count). The zero-order valence-electron chi connectivity index (χ0n) is 12.2. The first-order valence-electron chi connectivity index (χ1n) is 6.96. The Morgan fingerprint density at radius 1 is 1.14 bits per heavy atom. The van der Waals surface area contributed by atoms with Gasteiger partial charge in [-0.25, -0.2) is 0 Å². The summed E-state index contributed by atoms with van der Waals surface area (Å²) in [5, 5.41) is 11.1. The fourth-order valence-corrected chi connectivity index (χ4v) is 2.40. The van der Waals surface area contributed by atoms with Gasteiger partial charge in [-0.1, -0.05) is 11.6 Å². The largest absolute Gasteiger partial charge is 0.357 e. The van der Waals surface area contributed by atoms with Gasteiger partial charge in [-0.2, -0.15) is 5.10 Å². The lowest BCUT2D eigenvalue weighted by Crippen LogP contribution is -2.16. The Kier molecular flexibility index (Phi) is 3.58. The minimum absolute atomic E-state index is 0.0554. The number of pyridine rings is 1. The van der Waals surface area contributed by atoms with Crippen molar-refractivity contribution in [3.63, 3.8) is 0 Å². The molecule has 5 nitrogen and oxygen atoms in total. The highest BCUT2D eigenvalue weighted by Gasteiger charge is 2.03. The number of nitrogens with zero attached hydrogens (tertiary/aromatic N) is 1. The average Bonchev–Trinajstić information content (AvgIpc) is 2.85. The van der Waals surface area contributed by atoms with Gasteiger partial charge in [-0.05, 0) is 32.0 Å². The fourth-order valence-electron chi connectivity index (χ4n) is 2.40. The molecule has 0 aliphatic rings. The molecule has 0 atom stereocenters. The summed E-state index contributed by atoms with van der Waals surface area (Å²) >= 11 is 0. The molecule has 0 spiro atoms. The van der Waals surface area contributed by atoms with Crippen LogP contribution in [0.25, 0.3) is 10.9 Å². The van der Waals surface area contributed by atoms with Gasteiger partial charge in [0.2, 0.25) is 0 Å². The van der Waals surface area contributed by atoms with Crippen LogP contribution in [0.4, 0.5) is 0 Å². The van der Waals surface area contributed by atoms with Crippen molar-refractivity contribution in [2.75, 3.05) is 0 Å². The molecule has 2 heterocycles. The molecule has 0 bridgehead atoms. The number of hydrogen-bond acceptors (Lipinski definition) is 3. The summed E-state index contributed by atoms with van der Waals surface area (Å²) in [5.41, 5.74) is 4.91. The van der Waals surface area contributed by atoms with Gasteiger partial charge in [0.1, 0.15) is 0 Å². The Morgan fingerprint density at radius 3 is 2.76 bits per heavy atom. The zero-order valence-corrected chi connectivity index (χ0v) is 12.2. The van der Waals surface area contributed by atoms with Crippen molar-refractivity contribution < 1.29 is 0 Å². The molecule has 3 N–H and O–H groups in total. The topological polar surface area (TPSA) is 73.6 Å². The minimum atomic E-state index is 0.0554. The van der Waals surface area contributed by atoms with E-state index < -0.39 is 0 Å². The van der Waals surface area contributed by atoms with Gasteiger partial charge < -0.3 is 10.3 Å². The number of benzene rings is 1. The SMILES string of the molecule is Cc1ccc2[nH]c(CNCc3cc(C)[nH]n3)cc(=O)c2c1. The first-order valence-corrected chi connectivity index (χ1v) is 6.96. The van der Waals surface area contributed by atoms with E-state index in [9.17, 15) is 4.79 Å². The summed E-state index contributed by atoms with van der Waals surface area (Å²) in [5.74, 6) is 0. The van der Waals surface area contributed by atoms with Gasteiger partial charge in [0.15, 0.2) is 5.43 Å². The van der Waals surface area contributed by atoms with Gasteiger partial charge in [0.25, 0.3) is 0 Å². The molecule has 0 fully saturated rings. The van der Waals surface area contributed by atoms with Crippen molar-refractivity contribution in [1.82, 2.24) is 20.5 Å². The van der Waals surface area contributed by atoms with E-state index in [1.807, 2.05) is 38.1 Å². The summed E-state index contributed by atoms with van der Waals surface area (Å²) in [4.78, 5) is 15.4. The number of aromatic nitrogens is 3. The molecule has 21 heavy (non-hydrogen) atoms. The Bertz CT molecular complexity index is 832. The van der Waals surface area contributed by atoms with E-state index >= 15 is 0 Å². The monoisotopic (exact) mass is 282 g/mol. The van der Waals surface area contributed by atoms with E-state index in [1.165, 1.54) is 0 Å². The maximum absolute atomic E-state index is 12.1. The highest BCUT2D eigenvalue weighted by molar-refractivity contribution is 5.79. The van der Waals surface area contributed by atoms with Crippen molar-refractivity contribution in [3.05, 3.63) is 63.2 Å². The maximum atomic E-state index is 12.1. The van der Waals surface area contributed by atoms with E-state index in [-0.39, 0.29) is 5.43 Å². The standard InChI is InChI=1S/C16H18N4O/c1-10-3-4-15-14(5-10)16(21)7-12(18-15)8-17-9-13-6-11(2)19-20-13/h3-7,17H,8-9H2,1-2H3,(H,18,21)(H,19,20).